The number of imide groups is 1. The fraction of sp³-hybridized carbons (Fsp3) is 0.474. The van der Waals surface area contributed by atoms with Gasteiger partial charge < -0.3 is 14.2 Å². The molecule has 1 aliphatic rings. The Hall–Kier alpha value is -2.59. The minimum atomic E-state index is -1.15. The Morgan fingerprint density at radius 3 is 2.34 bits per heavy atom. The van der Waals surface area contributed by atoms with Gasteiger partial charge in [-0.2, -0.15) is 12.5 Å². The van der Waals surface area contributed by atoms with Crippen LogP contribution in [0.3, 0.4) is 0 Å². The number of hydrogen-bond donors (Lipinski definition) is 1. The van der Waals surface area contributed by atoms with Crippen molar-refractivity contribution in [3.63, 3.8) is 0 Å². The minimum absolute atomic E-state index is 0.0103. The maximum atomic E-state index is 11.9. The molecule has 0 aromatic heterocycles. The third kappa shape index (κ3) is 8.12. The first-order valence-electron chi connectivity index (χ1n) is 9.22. The maximum absolute atomic E-state index is 11.9. The molecule has 1 fully saturated rings. The van der Waals surface area contributed by atoms with Gasteiger partial charge in [-0.25, -0.2) is 4.79 Å². The van der Waals surface area contributed by atoms with Crippen LogP contribution in [0.4, 0.5) is 4.79 Å². The van der Waals surface area contributed by atoms with Crippen LogP contribution in [0.5, 0.6) is 5.75 Å². The number of esters is 1. The van der Waals surface area contributed by atoms with E-state index in [4.69, 9.17) is 15.3 Å². The van der Waals surface area contributed by atoms with E-state index in [9.17, 15) is 19.2 Å². The monoisotopic (exact) mass is 428 g/mol. The van der Waals surface area contributed by atoms with E-state index in [0.29, 0.717) is 29.4 Å². The highest BCUT2D eigenvalue weighted by molar-refractivity contribution is 7.79. The Kier molecular flexibility index (Phi) is 10.0. The fourth-order valence-corrected chi connectivity index (χ4v) is 2.18. The molecule has 10 heteroatoms. The van der Waals surface area contributed by atoms with Crippen LogP contribution in [-0.4, -0.2) is 50.1 Å². The maximum Gasteiger partial charge on any atom is 0.534 e. The van der Waals surface area contributed by atoms with Gasteiger partial charge in [0.2, 0.25) is 0 Å². The number of carbonyl (C=O) groups excluding carboxylic acids is 4. The summed E-state index contributed by atoms with van der Waals surface area (Å²) in [6.07, 6.45) is 1.14. The Bertz CT molecular complexity index is 712. The van der Waals surface area contributed by atoms with Crippen molar-refractivity contribution in [2.45, 2.75) is 32.8 Å². The largest absolute Gasteiger partial charge is 0.534 e. The predicted octanol–water partition coefficient (Wildman–Crippen LogP) is 2.53. The predicted molar refractivity (Wildman–Crippen MR) is 105 cm³/mol. The van der Waals surface area contributed by atoms with Crippen LogP contribution >= 0.6 is 12.5 Å². The van der Waals surface area contributed by atoms with Gasteiger partial charge in [0.05, 0.1) is 5.92 Å². The molecular formula is C19H25NO8S. The molecule has 1 aliphatic heterocycles. The number of carbonyl (C=O) groups is 4. The molecule has 0 aliphatic carbocycles. The Morgan fingerprint density at radius 2 is 1.79 bits per heavy atom. The summed E-state index contributed by atoms with van der Waals surface area (Å²) >= 11 is 1.000. The molecule has 0 N–H and O–H groups in total. The number of methoxy groups -OCH3 is 1. The fourth-order valence-electron chi connectivity index (χ4n) is 2.18. The summed E-state index contributed by atoms with van der Waals surface area (Å²) in [5, 5.41) is 0.412. The van der Waals surface area contributed by atoms with Crippen molar-refractivity contribution in [3.8, 4) is 5.75 Å². The molecule has 1 heterocycles. The van der Waals surface area contributed by atoms with Gasteiger partial charge in [-0.1, -0.05) is 24.1 Å². The number of amides is 2. The number of thiol groups is 1. The third-order valence-corrected chi connectivity index (χ3v) is 3.83. The smallest absolute Gasteiger partial charge is 0.428 e. The second-order valence-electron chi connectivity index (χ2n) is 5.96. The molecule has 0 radical (unpaired) electrons. The van der Waals surface area contributed by atoms with Gasteiger partial charge in [-0.15, -0.1) is 0 Å². The van der Waals surface area contributed by atoms with Crippen molar-refractivity contribution >= 4 is 36.5 Å². The molecule has 1 aromatic rings. The lowest BCUT2D eigenvalue weighted by Crippen LogP contribution is -2.32. The van der Waals surface area contributed by atoms with Crippen LogP contribution in [0.15, 0.2) is 24.3 Å². The second-order valence-corrected chi connectivity index (χ2v) is 5.96. The Balaban J connectivity index is 0.00000141. The van der Waals surface area contributed by atoms with Gasteiger partial charge in [-0.05, 0) is 30.4 Å². The van der Waals surface area contributed by atoms with E-state index in [1.165, 1.54) is 0 Å². The van der Waals surface area contributed by atoms with E-state index < -0.39 is 18.0 Å². The van der Waals surface area contributed by atoms with Crippen LogP contribution in [0.2, 0.25) is 0 Å². The number of rotatable bonds is 8. The molecule has 2 rings (SSSR count). The van der Waals surface area contributed by atoms with Crippen LogP contribution in [-0.2, 0) is 35.3 Å². The number of hydrogen-bond acceptors (Lipinski definition) is 9. The lowest BCUT2D eigenvalue weighted by atomic mass is 10.1. The van der Waals surface area contributed by atoms with Crippen LogP contribution in [0.1, 0.15) is 31.7 Å². The number of nitrogens with zero attached hydrogens (tertiary/aromatic N) is 1. The van der Waals surface area contributed by atoms with Crippen LogP contribution < -0.4 is 4.74 Å². The summed E-state index contributed by atoms with van der Waals surface area (Å²) in [5.74, 6) is -1.45. The van der Waals surface area contributed by atoms with E-state index in [-0.39, 0.29) is 31.3 Å². The topological polar surface area (TPSA) is 108 Å². The van der Waals surface area contributed by atoms with Gasteiger partial charge in [-0.3, -0.25) is 19.2 Å². The van der Waals surface area contributed by atoms with E-state index in [1.54, 1.807) is 44.6 Å². The standard InChI is InChI=1S/C18H21NO8.CH4S/c1-12(9-10-24-2)17(22)26-14-5-3-13(4-6-14)11-25-18(23)27-19-15(20)7-8-16(19)21;1-2/h3-6,12H,7-11H2,1-2H3;2H,1H3/i/hD. The van der Waals surface area contributed by atoms with Crippen molar-refractivity contribution in [2.24, 2.45) is 5.92 Å². The zero-order valence-electron chi connectivity index (χ0n) is 17.5. The summed E-state index contributed by atoms with van der Waals surface area (Å²) < 4.78 is 21.2. The van der Waals surface area contributed by atoms with Crippen molar-refractivity contribution in [3.05, 3.63) is 29.8 Å². The van der Waals surface area contributed by atoms with E-state index in [2.05, 4.69) is 4.84 Å². The summed E-state index contributed by atoms with van der Waals surface area (Å²) in [6.45, 7) is 2.09. The first kappa shape index (κ1) is 22.7. The molecule has 9 nitrogen and oxygen atoms in total. The second kappa shape index (κ2) is 12.8. The van der Waals surface area contributed by atoms with Gasteiger partial charge in [0, 0.05) is 26.6 Å². The number of hydroxylamine groups is 2. The van der Waals surface area contributed by atoms with Crippen LogP contribution in [0, 0.1) is 5.92 Å². The highest BCUT2D eigenvalue weighted by atomic mass is 32.1. The molecule has 1 atom stereocenters. The van der Waals surface area contributed by atoms with E-state index in [1.807, 2.05) is 0 Å². The summed E-state index contributed by atoms with van der Waals surface area (Å²) in [6, 6.07) is 6.36. The first-order valence-corrected chi connectivity index (χ1v) is 9.63. The van der Waals surface area contributed by atoms with Crippen molar-refractivity contribution < 1.29 is 38.2 Å². The lowest BCUT2D eigenvalue weighted by molar-refractivity contribution is -0.177. The molecule has 1 unspecified atom stereocenters. The third-order valence-electron chi connectivity index (χ3n) is 3.83. The molecule has 1 saturated heterocycles. The summed E-state index contributed by atoms with van der Waals surface area (Å²) in [4.78, 5) is 50.8. The molecule has 0 spiro atoms. The Labute approximate surface area is 175 Å². The van der Waals surface area contributed by atoms with Gasteiger partial charge >= 0.3 is 12.1 Å². The van der Waals surface area contributed by atoms with Crippen molar-refractivity contribution in [1.82, 2.24) is 5.06 Å². The lowest BCUT2D eigenvalue weighted by Gasteiger charge is -2.13. The average molecular weight is 428 g/mol. The average Bonchev–Trinajstić information content (AvgIpc) is 3.04. The van der Waals surface area contributed by atoms with Crippen LogP contribution in [0.25, 0.3) is 0 Å². The molecule has 29 heavy (non-hydrogen) atoms. The molecular weight excluding hydrogens is 402 g/mol. The molecule has 0 bridgehead atoms. The molecule has 160 valence electrons. The van der Waals surface area contributed by atoms with Crippen molar-refractivity contribution in [2.75, 3.05) is 20.0 Å². The molecule has 2 amide bonds. The Morgan fingerprint density at radius 1 is 1.21 bits per heavy atom. The highest BCUT2D eigenvalue weighted by Crippen LogP contribution is 2.17. The summed E-state index contributed by atoms with van der Waals surface area (Å²) in [7, 11) is 1.56. The zero-order valence-corrected chi connectivity index (χ0v) is 17.4. The normalized spacial score (nSPS) is 14.4. The number of benzene rings is 1. The summed E-state index contributed by atoms with van der Waals surface area (Å²) in [5.41, 5.74) is 0.609. The van der Waals surface area contributed by atoms with Gasteiger partial charge in [0.15, 0.2) is 0 Å². The SMILES string of the molecule is COCCC(C)C(=O)Oc1ccc(COC(=O)ON2C(=O)CCC2=O)cc1.[2H]SC. The zero-order chi connectivity index (χ0) is 22.5. The quantitative estimate of drug-likeness (QED) is 0.291. The van der Waals surface area contributed by atoms with Gasteiger partial charge in [0.25, 0.3) is 11.8 Å². The van der Waals surface area contributed by atoms with Gasteiger partial charge in [0.1, 0.15) is 13.5 Å². The molecule has 0 saturated carbocycles. The van der Waals surface area contributed by atoms with E-state index in [0.717, 1.165) is 12.5 Å². The number of ether oxygens (including phenoxy) is 3. The first-order chi connectivity index (χ1) is 14.3. The van der Waals surface area contributed by atoms with E-state index >= 15 is 0 Å². The highest BCUT2D eigenvalue weighted by Gasteiger charge is 2.33. The van der Waals surface area contributed by atoms with Crippen molar-refractivity contribution in [1.29, 1.82) is 1.12 Å². The minimum Gasteiger partial charge on any atom is -0.428 e. The molecule has 1 aromatic carbocycles.